The zero-order chi connectivity index (χ0) is 13.1. The first-order chi connectivity index (χ1) is 8.61. The predicted molar refractivity (Wildman–Crippen MR) is 65.8 cm³/mol. The molecule has 6 nitrogen and oxygen atoms in total. The monoisotopic (exact) mass is 253 g/mol. The average molecular weight is 253 g/mol. The molecular weight excluding hydrogens is 234 g/mol. The summed E-state index contributed by atoms with van der Waals surface area (Å²) in [4.78, 5) is 25.3. The summed E-state index contributed by atoms with van der Waals surface area (Å²) in [5, 5.41) is 14.2. The number of nitrogens with zero attached hydrogens (tertiary/aromatic N) is 3. The van der Waals surface area contributed by atoms with E-state index in [1.54, 1.807) is 11.9 Å². The molecule has 18 heavy (non-hydrogen) atoms. The summed E-state index contributed by atoms with van der Waals surface area (Å²) in [6.45, 7) is 1.58. The van der Waals surface area contributed by atoms with Gasteiger partial charge >= 0.3 is 0 Å². The van der Waals surface area contributed by atoms with Gasteiger partial charge in [0.2, 0.25) is 5.91 Å². The third-order valence-electron chi connectivity index (χ3n) is 3.56. The lowest BCUT2D eigenvalue weighted by Gasteiger charge is -2.22. The van der Waals surface area contributed by atoms with Gasteiger partial charge in [0.25, 0.3) is 5.91 Å². The largest absolute Gasteiger partial charge is 0.396 e. The van der Waals surface area contributed by atoms with Crippen LogP contribution in [-0.4, -0.2) is 59.3 Å². The number of hydrazone groups is 1. The van der Waals surface area contributed by atoms with Gasteiger partial charge in [0.05, 0.1) is 0 Å². The van der Waals surface area contributed by atoms with Gasteiger partial charge in [-0.3, -0.25) is 9.59 Å². The molecule has 2 rings (SSSR count). The molecule has 2 heterocycles. The van der Waals surface area contributed by atoms with Crippen molar-refractivity contribution in [3.63, 3.8) is 0 Å². The van der Waals surface area contributed by atoms with Crippen molar-refractivity contribution in [3.8, 4) is 0 Å². The zero-order valence-electron chi connectivity index (χ0n) is 10.6. The Kier molecular flexibility index (Phi) is 3.96. The molecular formula is C12H19N3O3. The van der Waals surface area contributed by atoms with Crippen LogP contribution in [-0.2, 0) is 9.59 Å². The standard InChI is InChI=1S/C12H19N3O3/c1-14-11(17)3-2-10(13-14)12(18)15-6-4-9(8-15)5-7-16/h9,16H,2-8H2,1H3. The van der Waals surface area contributed by atoms with E-state index >= 15 is 0 Å². The Balaban J connectivity index is 1.96. The van der Waals surface area contributed by atoms with Crippen LogP contribution in [0.1, 0.15) is 25.7 Å². The minimum absolute atomic E-state index is 0.0499. The van der Waals surface area contributed by atoms with Crippen LogP contribution in [0.15, 0.2) is 5.10 Å². The van der Waals surface area contributed by atoms with E-state index in [0.29, 0.717) is 31.0 Å². The lowest BCUT2D eigenvalue weighted by molar-refractivity contribution is -0.130. The Morgan fingerprint density at radius 2 is 2.28 bits per heavy atom. The summed E-state index contributed by atoms with van der Waals surface area (Å²) in [5.74, 6) is 0.281. The molecule has 0 radical (unpaired) electrons. The minimum Gasteiger partial charge on any atom is -0.396 e. The summed E-state index contributed by atoms with van der Waals surface area (Å²) in [6.07, 6.45) is 2.47. The quantitative estimate of drug-likeness (QED) is 0.758. The average Bonchev–Trinajstić information content (AvgIpc) is 2.81. The number of hydrogen-bond acceptors (Lipinski definition) is 4. The summed E-state index contributed by atoms with van der Waals surface area (Å²) in [5.41, 5.74) is 0.474. The van der Waals surface area contributed by atoms with Gasteiger partial charge in [-0.2, -0.15) is 5.10 Å². The Morgan fingerprint density at radius 1 is 1.50 bits per heavy atom. The van der Waals surface area contributed by atoms with Gasteiger partial charge in [0, 0.05) is 39.6 Å². The molecule has 0 spiro atoms. The van der Waals surface area contributed by atoms with Crippen molar-refractivity contribution in [1.82, 2.24) is 9.91 Å². The Labute approximate surface area is 106 Å². The highest BCUT2D eigenvalue weighted by Crippen LogP contribution is 2.20. The first kappa shape index (κ1) is 13.0. The van der Waals surface area contributed by atoms with Gasteiger partial charge in [0.15, 0.2) is 0 Å². The molecule has 2 amide bonds. The van der Waals surface area contributed by atoms with Crippen LogP contribution in [0.5, 0.6) is 0 Å². The smallest absolute Gasteiger partial charge is 0.270 e. The van der Waals surface area contributed by atoms with Gasteiger partial charge in [-0.15, -0.1) is 0 Å². The minimum atomic E-state index is -0.0604. The second kappa shape index (κ2) is 5.48. The first-order valence-electron chi connectivity index (χ1n) is 6.36. The third-order valence-corrected chi connectivity index (χ3v) is 3.56. The van der Waals surface area contributed by atoms with Crippen molar-refractivity contribution >= 4 is 17.5 Å². The normalized spacial score (nSPS) is 24.4. The molecule has 2 aliphatic rings. The number of carbonyl (C=O) groups excluding carboxylic acids is 2. The van der Waals surface area contributed by atoms with Crippen LogP contribution in [0.2, 0.25) is 0 Å². The molecule has 0 aromatic carbocycles. The molecule has 0 aromatic heterocycles. The first-order valence-corrected chi connectivity index (χ1v) is 6.36. The molecule has 0 bridgehead atoms. The second-order valence-electron chi connectivity index (χ2n) is 4.88. The summed E-state index contributed by atoms with van der Waals surface area (Å²) in [6, 6.07) is 0. The van der Waals surface area contributed by atoms with E-state index in [1.807, 2.05) is 0 Å². The van der Waals surface area contributed by atoms with Gasteiger partial charge in [-0.05, 0) is 18.8 Å². The molecule has 1 atom stereocenters. The van der Waals surface area contributed by atoms with E-state index < -0.39 is 0 Å². The maximum Gasteiger partial charge on any atom is 0.270 e. The van der Waals surface area contributed by atoms with Gasteiger partial charge in [-0.25, -0.2) is 5.01 Å². The van der Waals surface area contributed by atoms with Gasteiger partial charge in [0.1, 0.15) is 5.71 Å². The van der Waals surface area contributed by atoms with Crippen LogP contribution in [0.3, 0.4) is 0 Å². The van der Waals surface area contributed by atoms with E-state index in [1.165, 1.54) is 5.01 Å². The molecule has 0 aliphatic carbocycles. The van der Waals surface area contributed by atoms with Gasteiger partial charge < -0.3 is 10.0 Å². The fourth-order valence-corrected chi connectivity index (χ4v) is 2.44. The number of hydrogen-bond donors (Lipinski definition) is 1. The molecule has 1 fully saturated rings. The van der Waals surface area contributed by atoms with Crippen molar-refractivity contribution in [2.75, 3.05) is 26.7 Å². The summed E-state index contributed by atoms with van der Waals surface area (Å²) >= 11 is 0. The Bertz CT molecular complexity index is 381. The van der Waals surface area contributed by atoms with E-state index in [0.717, 1.165) is 19.4 Å². The molecule has 0 saturated carbocycles. The van der Waals surface area contributed by atoms with Crippen LogP contribution < -0.4 is 0 Å². The maximum atomic E-state index is 12.2. The molecule has 1 N–H and O–H groups in total. The highest BCUT2D eigenvalue weighted by molar-refractivity contribution is 6.39. The lowest BCUT2D eigenvalue weighted by Crippen LogP contribution is -2.39. The van der Waals surface area contributed by atoms with E-state index in [4.69, 9.17) is 5.11 Å². The van der Waals surface area contributed by atoms with Crippen LogP contribution in [0, 0.1) is 5.92 Å². The molecule has 2 aliphatic heterocycles. The predicted octanol–water partition coefficient (Wildman–Crippen LogP) is -0.175. The van der Waals surface area contributed by atoms with Crippen molar-refractivity contribution < 1.29 is 14.7 Å². The SMILES string of the molecule is CN1N=C(C(=O)N2CCC(CCO)C2)CCC1=O. The van der Waals surface area contributed by atoms with Crippen LogP contribution in [0.4, 0.5) is 0 Å². The Morgan fingerprint density at radius 3 is 2.94 bits per heavy atom. The van der Waals surface area contributed by atoms with E-state index in [-0.39, 0.29) is 18.4 Å². The fourth-order valence-electron chi connectivity index (χ4n) is 2.44. The summed E-state index contributed by atoms with van der Waals surface area (Å²) < 4.78 is 0. The van der Waals surface area contributed by atoms with Crippen LogP contribution in [0.25, 0.3) is 0 Å². The number of carbonyl (C=O) groups is 2. The summed E-state index contributed by atoms with van der Waals surface area (Å²) in [7, 11) is 1.58. The number of amides is 2. The van der Waals surface area contributed by atoms with Crippen molar-refractivity contribution in [2.45, 2.75) is 25.7 Å². The van der Waals surface area contributed by atoms with Crippen LogP contribution >= 0.6 is 0 Å². The number of aliphatic hydroxyl groups is 1. The highest BCUT2D eigenvalue weighted by Gasteiger charge is 2.30. The van der Waals surface area contributed by atoms with Crippen molar-refractivity contribution in [3.05, 3.63) is 0 Å². The van der Waals surface area contributed by atoms with Crippen molar-refractivity contribution in [1.29, 1.82) is 0 Å². The molecule has 6 heteroatoms. The Hall–Kier alpha value is -1.43. The molecule has 1 saturated heterocycles. The highest BCUT2D eigenvalue weighted by atomic mass is 16.3. The lowest BCUT2D eigenvalue weighted by atomic mass is 10.1. The zero-order valence-corrected chi connectivity index (χ0v) is 10.6. The number of likely N-dealkylation sites (tertiary alicyclic amines) is 1. The molecule has 100 valence electrons. The maximum absolute atomic E-state index is 12.2. The van der Waals surface area contributed by atoms with Gasteiger partial charge in [-0.1, -0.05) is 0 Å². The topological polar surface area (TPSA) is 73.2 Å². The van der Waals surface area contributed by atoms with E-state index in [2.05, 4.69) is 5.10 Å². The molecule has 0 aromatic rings. The van der Waals surface area contributed by atoms with Crippen molar-refractivity contribution in [2.24, 2.45) is 11.0 Å². The number of rotatable bonds is 3. The third kappa shape index (κ3) is 2.69. The number of aliphatic hydroxyl groups excluding tert-OH is 1. The second-order valence-corrected chi connectivity index (χ2v) is 4.88. The van der Waals surface area contributed by atoms with E-state index in [9.17, 15) is 9.59 Å². The fraction of sp³-hybridized carbons (Fsp3) is 0.750. The molecule has 1 unspecified atom stereocenters.